The SMILES string of the molecule is [B][C@@H]1O[C@H](COC(C)C)[C@H](OP(=O)(O)OC[C@H]2O[C@@H]([B])C[C@H]2OC(C)C)C1C#N. The molecular formula is C17H28B2NO8P. The van der Waals surface area contributed by atoms with E-state index in [9.17, 15) is 14.7 Å². The molecule has 2 heterocycles. The van der Waals surface area contributed by atoms with Gasteiger partial charge in [0.25, 0.3) is 0 Å². The zero-order chi connectivity index (χ0) is 21.8. The van der Waals surface area contributed by atoms with Crippen LogP contribution in [0.15, 0.2) is 0 Å². The number of phosphoric acid groups is 1. The van der Waals surface area contributed by atoms with Crippen LogP contribution in [0.4, 0.5) is 0 Å². The number of nitrogens with zero attached hydrogens (tertiary/aromatic N) is 1. The molecule has 2 unspecified atom stereocenters. The molecule has 0 aromatic rings. The van der Waals surface area contributed by atoms with Gasteiger partial charge in [-0.05, 0) is 34.1 Å². The Balaban J connectivity index is 1.98. The Morgan fingerprint density at radius 3 is 2.45 bits per heavy atom. The Kier molecular flexibility index (Phi) is 9.20. The molecule has 4 radical (unpaired) electrons. The number of rotatable bonds is 10. The number of phosphoric ester groups is 1. The Hall–Kier alpha value is -0.430. The summed E-state index contributed by atoms with van der Waals surface area (Å²) in [6.07, 6.45) is -2.58. The van der Waals surface area contributed by atoms with Crippen LogP contribution < -0.4 is 0 Å². The van der Waals surface area contributed by atoms with Gasteiger partial charge in [-0.1, -0.05) is 0 Å². The van der Waals surface area contributed by atoms with Crippen LogP contribution in [-0.4, -0.2) is 82.4 Å². The fraction of sp³-hybridized carbons (Fsp3) is 0.941. The van der Waals surface area contributed by atoms with Crippen molar-refractivity contribution >= 4 is 23.5 Å². The normalized spacial score (nSPS) is 37.1. The summed E-state index contributed by atoms with van der Waals surface area (Å²) in [5.41, 5.74) is 0. The molecule has 2 aliphatic rings. The van der Waals surface area contributed by atoms with E-state index >= 15 is 0 Å². The summed E-state index contributed by atoms with van der Waals surface area (Å²) in [6.45, 7) is 7.18. The van der Waals surface area contributed by atoms with Crippen molar-refractivity contribution in [1.29, 1.82) is 5.26 Å². The van der Waals surface area contributed by atoms with Crippen molar-refractivity contribution in [3.05, 3.63) is 0 Å². The fourth-order valence-electron chi connectivity index (χ4n) is 3.22. The van der Waals surface area contributed by atoms with E-state index in [0.29, 0.717) is 6.42 Å². The predicted octanol–water partition coefficient (Wildman–Crippen LogP) is 1.02. The third kappa shape index (κ3) is 7.34. The van der Waals surface area contributed by atoms with Gasteiger partial charge >= 0.3 is 7.82 Å². The number of hydrogen-bond acceptors (Lipinski definition) is 8. The highest BCUT2D eigenvalue weighted by atomic mass is 31.2. The number of nitriles is 1. The van der Waals surface area contributed by atoms with Crippen molar-refractivity contribution in [2.24, 2.45) is 5.92 Å². The Morgan fingerprint density at radius 2 is 1.86 bits per heavy atom. The molecule has 0 aliphatic carbocycles. The molecule has 160 valence electrons. The molecule has 12 heteroatoms. The summed E-state index contributed by atoms with van der Waals surface area (Å²) in [7, 11) is 7.04. The van der Waals surface area contributed by atoms with Gasteiger partial charge in [0.15, 0.2) is 0 Å². The molecule has 0 spiro atoms. The van der Waals surface area contributed by atoms with Gasteiger partial charge in [-0.25, -0.2) is 4.57 Å². The Morgan fingerprint density at radius 1 is 1.17 bits per heavy atom. The van der Waals surface area contributed by atoms with E-state index in [1.165, 1.54) is 0 Å². The van der Waals surface area contributed by atoms with Crippen molar-refractivity contribution < 1.29 is 37.5 Å². The highest BCUT2D eigenvalue weighted by molar-refractivity contribution is 7.47. The summed E-state index contributed by atoms with van der Waals surface area (Å²) in [5.74, 6) is -0.951. The van der Waals surface area contributed by atoms with Crippen molar-refractivity contribution in [2.75, 3.05) is 13.2 Å². The lowest BCUT2D eigenvalue weighted by Crippen LogP contribution is -2.34. The molecule has 2 aliphatic heterocycles. The molecular weight excluding hydrogens is 399 g/mol. The third-order valence-corrected chi connectivity index (χ3v) is 5.47. The van der Waals surface area contributed by atoms with Crippen LogP contribution in [0, 0.1) is 17.2 Å². The molecule has 2 fully saturated rings. The van der Waals surface area contributed by atoms with Gasteiger partial charge in [-0.2, -0.15) is 5.26 Å². The van der Waals surface area contributed by atoms with Crippen molar-refractivity contribution in [1.82, 2.24) is 0 Å². The van der Waals surface area contributed by atoms with Crippen molar-refractivity contribution in [3.8, 4) is 6.07 Å². The highest BCUT2D eigenvalue weighted by Crippen LogP contribution is 2.48. The largest absolute Gasteiger partial charge is 0.472 e. The number of ether oxygens (including phenoxy) is 4. The molecule has 1 N–H and O–H groups in total. The smallest absolute Gasteiger partial charge is 0.380 e. The summed E-state index contributed by atoms with van der Waals surface area (Å²) in [4.78, 5) is 10.2. The molecule has 0 aromatic carbocycles. The van der Waals surface area contributed by atoms with Crippen LogP contribution in [0.2, 0.25) is 0 Å². The second kappa shape index (κ2) is 10.7. The fourth-order valence-corrected chi connectivity index (χ4v) is 4.19. The molecule has 0 aromatic heterocycles. The predicted molar refractivity (Wildman–Crippen MR) is 104 cm³/mol. The average molecular weight is 427 g/mol. The van der Waals surface area contributed by atoms with Gasteiger partial charge in [-0.3, -0.25) is 9.05 Å². The maximum atomic E-state index is 12.5. The summed E-state index contributed by atoms with van der Waals surface area (Å²) < 4.78 is 45.1. The molecule has 29 heavy (non-hydrogen) atoms. The molecule has 2 saturated heterocycles. The van der Waals surface area contributed by atoms with Gasteiger partial charge in [0.05, 0.1) is 43.5 Å². The van der Waals surface area contributed by atoms with E-state index in [2.05, 4.69) is 0 Å². The second-order valence-corrected chi connectivity index (χ2v) is 9.09. The van der Waals surface area contributed by atoms with Crippen molar-refractivity contribution in [3.63, 3.8) is 0 Å². The zero-order valence-electron chi connectivity index (χ0n) is 17.2. The van der Waals surface area contributed by atoms with Gasteiger partial charge < -0.3 is 23.8 Å². The van der Waals surface area contributed by atoms with Crippen LogP contribution in [-0.2, 0) is 32.6 Å². The summed E-state index contributed by atoms with van der Waals surface area (Å²) >= 11 is 0. The van der Waals surface area contributed by atoms with Crippen LogP contribution in [0.5, 0.6) is 0 Å². The first-order valence-corrected chi connectivity index (χ1v) is 11.2. The van der Waals surface area contributed by atoms with E-state index in [0.717, 1.165) is 0 Å². The minimum atomic E-state index is -4.56. The third-order valence-electron chi connectivity index (χ3n) is 4.48. The lowest BCUT2D eigenvalue weighted by molar-refractivity contribution is -0.0653. The van der Waals surface area contributed by atoms with Crippen LogP contribution in [0.25, 0.3) is 0 Å². The first kappa shape index (κ1) is 24.8. The van der Waals surface area contributed by atoms with Gasteiger partial charge in [0.2, 0.25) is 0 Å². The van der Waals surface area contributed by atoms with Crippen molar-refractivity contribution in [2.45, 2.75) is 82.7 Å². The van der Waals surface area contributed by atoms with Crippen LogP contribution in [0.3, 0.4) is 0 Å². The molecule has 9 nitrogen and oxygen atoms in total. The Bertz CT molecular complexity index is 619. The Labute approximate surface area is 174 Å². The zero-order valence-corrected chi connectivity index (χ0v) is 18.1. The lowest BCUT2D eigenvalue weighted by Gasteiger charge is -2.25. The van der Waals surface area contributed by atoms with E-state index in [4.69, 9.17) is 43.7 Å². The topological polar surface area (TPSA) is 116 Å². The molecule has 2 rings (SSSR count). The van der Waals surface area contributed by atoms with E-state index < -0.39 is 44.1 Å². The van der Waals surface area contributed by atoms with Gasteiger partial charge in [0, 0.05) is 12.0 Å². The van der Waals surface area contributed by atoms with Crippen LogP contribution in [0.1, 0.15) is 34.1 Å². The van der Waals surface area contributed by atoms with E-state index in [-0.39, 0.29) is 31.5 Å². The minimum absolute atomic E-state index is 0.0547. The summed E-state index contributed by atoms with van der Waals surface area (Å²) in [5, 5.41) is 9.36. The number of hydrogen-bond donors (Lipinski definition) is 1. The second-order valence-electron chi connectivity index (χ2n) is 7.68. The lowest BCUT2D eigenvalue weighted by atomic mass is 9.86. The average Bonchev–Trinajstić information content (AvgIpc) is 3.09. The molecule has 0 bridgehead atoms. The van der Waals surface area contributed by atoms with Crippen LogP contribution >= 0.6 is 7.82 Å². The highest BCUT2D eigenvalue weighted by Gasteiger charge is 2.47. The first-order chi connectivity index (χ1) is 13.5. The minimum Gasteiger partial charge on any atom is -0.380 e. The van der Waals surface area contributed by atoms with E-state index in [1.807, 2.05) is 33.8 Å². The molecule has 0 saturated carbocycles. The van der Waals surface area contributed by atoms with Gasteiger partial charge in [0.1, 0.15) is 34.0 Å². The standard InChI is InChI=1S/C17H28B2NO8P/c1-9(2)23-7-14-16(11(6-20)17(19)27-14)28-29(21,22)24-8-13-12(25-10(3)4)5-15(18)26-13/h9-17H,5,7-8H2,1-4H3,(H,21,22)/t11?,12-,13-,14-,15-,16-,17-/m1/s1. The van der Waals surface area contributed by atoms with E-state index in [1.54, 1.807) is 0 Å². The molecule has 0 amide bonds. The van der Waals surface area contributed by atoms with Gasteiger partial charge in [-0.15, -0.1) is 0 Å². The summed E-state index contributed by atoms with van der Waals surface area (Å²) in [6, 6.07) is 0.441. The first-order valence-electron chi connectivity index (χ1n) is 9.67. The quantitative estimate of drug-likeness (QED) is 0.403. The maximum absolute atomic E-state index is 12.5. The molecule has 8 atom stereocenters. The monoisotopic (exact) mass is 427 g/mol. The maximum Gasteiger partial charge on any atom is 0.472 e.